The van der Waals surface area contributed by atoms with Crippen LogP contribution >= 0.6 is 0 Å². The second-order valence-electron chi connectivity index (χ2n) is 5.69. The molecule has 0 amide bonds. The molecule has 124 valence electrons. The van der Waals surface area contributed by atoms with Crippen LogP contribution in [0.3, 0.4) is 0 Å². The summed E-state index contributed by atoms with van der Waals surface area (Å²) in [6.07, 6.45) is 1.69. The fraction of sp³-hybridized carbons (Fsp3) is 0.167. The third kappa shape index (κ3) is 3.39. The highest BCUT2D eigenvalue weighted by atomic mass is 32.2. The molecule has 5 nitrogen and oxygen atoms in total. The minimum absolute atomic E-state index is 0.152. The molecule has 2 aromatic carbocycles. The molecule has 0 unspecified atom stereocenters. The number of nitrogens with one attached hydrogen (secondary N) is 1. The van der Waals surface area contributed by atoms with Crippen molar-refractivity contribution in [2.45, 2.75) is 11.4 Å². The zero-order valence-electron chi connectivity index (χ0n) is 13.6. The summed E-state index contributed by atoms with van der Waals surface area (Å²) in [4.78, 5) is 6.47. The van der Waals surface area contributed by atoms with Gasteiger partial charge in [-0.15, -0.1) is 0 Å². The Morgan fingerprint density at radius 2 is 1.71 bits per heavy atom. The highest BCUT2D eigenvalue weighted by Gasteiger charge is 2.15. The molecule has 0 aliphatic heterocycles. The fourth-order valence-electron chi connectivity index (χ4n) is 2.49. The van der Waals surface area contributed by atoms with Gasteiger partial charge in [-0.1, -0.05) is 24.3 Å². The molecule has 0 saturated carbocycles. The fourth-order valence-corrected chi connectivity index (χ4v) is 3.48. The average Bonchev–Trinajstić information content (AvgIpc) is 2.60. The van der Waals surface area contributed by atoms with Crippen LogP contribution in [0.25, 0.3) is 10.8 Å². The van der Waals surface area contributed by atoms with Crippen molar-refractivity contribution in [3.05, 3.63) is 66.5 Å². The van der Waals surface area contributed by atoms with E-state index in [0.717, 1.165) is 16.5 Å². The normalized spacial score (nSPS) is 11.6. The van der Waals surface area contributed by atoms with Crippen LogP contribution in [0.1, 0.15) is 5.69 Å². The Morgan fingerprint density at radius 1 is 1.00 bits per heavy atom. The lowest BCUT2D eigenvalue weighted by molar-refractivity contribution is 0.580. The van der Waals surface area contributed by atoms with Gasteiger partial charge in [-0.25, -0.2) is 13.1 Å². The molecule has 0 aliphatic carbocycles. The summed E-state index contributed by atoms with van der Waals surface area (Å²) in [7, 11) is 0.243. The Kier molecular flexibility index (Phi) is 4.51. The van der Waals surface area contributed by atoms with Crippen molar-refractivity contribution >= 4 is 26.5 Å². The SMILES string of the molecule is CN(C)c1ccc(S(=O)(=O)NCc2nccc3ccccc23)cc1. The molecule has 3 aromatic rings. The first kappa shape index (κ1) is 16.4. The van der Waals surface area contributed by atoms with Gasteiger partial charge in [0.25, 0.3) is 0 Å². The van der Waals surface area contributed by atoms with Crippen LogP contribution in [0.4, 0.5) is 5.69 Å². The number of rotatable bonds is 5. The predicted octanol–water partition coefficient (Wildman–Crippen LogP) is 2.78. The van der Waals surface area contributed by atoms with Crippen LogP contribution in [0, 0.1) is 0 Å². The zero-order chi connectivity index (χ0) is 17.2. The van der Waals surface area contributed by atoms with Crippen LogP contribution in [0.15, 0.2) is 65.7 Å². The van der Waals surface area contributed by atoms with Crippen molar-refractivity contribution in [2.24, 2.45) is 0 Å². The van der Waals surface area contributed by atoms with Crippen molar-refractivity contribution in [1.82, 2.24) is 9.71 Å². The third-order valence-electron chi connectivity index (χ3n) is 3.85. The van der Waals surface area contributed by atoms with Crippen molar-refractivity contribution < 1.29 is 8.42 Å². The quantitative estimate of drug-likeness (QED) is 0.775. The smallest absolute Gasteiger partial charge is 0.240 e. The van der Waals surface area contributed by atoms with Crippen LogP contribution in [-0.4, -0.2) is 27.5 Å². The zero-order valence-corrected chi connectivity index (χ0v) is 14.4. The molecule has 0 spiro atoms. The van der Waals surface area contributed by atoms with Gasteiger partial charge in [-0.3, -0.25) is 4.98 Å². The Balaban J connectivity index is 1.82. The first-order chi connectivity index (χ1) is 11.5. The molecule has 1 heterocycles. The number of hydrogen-bond donors (Lipinski definition) is 1. The van der Waals surface area contributed by atoms with E-state index in [4.69, 9.17) is 0 Å². The lowest BCUT2D eigenvalue weighted by atomic mass is 10.1. The van der Waals surface area contributed by atoms with E-state index in [0.29, 0.717) is 5.69 Å². The summed E-state index contributed by atoms with van der Waals surface area (Å²) >= 11 is 0. The number of aromatic nitrogens is 1. The lowest BCUT2D eigenvalue weighted by Gasteiger charge is -2.13. The van der Waals surface area contributed by atoms with E-state index < -0.39 is 10.0 Å². The van der Waals surface area contributed by atoms with Gasteiger partial charge in [0.15, 0.2) is 0 Å². The van der Waals surface area contributed by atoms with Crippen molar-refractivity contribution in [1.29, 1.82) is 0 Å². The van der Waals surface area contributed by atoms with Crippen LogP contribution in [0.2, 0.25) is 0 Å². The number of hydrogen-bond acceptors (Lipinski definition) is 4. The maximum Gasteiger partial charge on any atom is 0.240 e. The maximum atomic E-state index is 12.5. The van der Waals surface area contributed by atoms with E-state index in [1.807, 2.05) is 49.3 Å². The van der Waals surface area contributed by atoms with Crippen molar-refractivity contribution in [3.8, 4) is 0 Å². The second-order valence-corrected chi connectivity index (χ2v) is 7.46. The summed E-state index contributed by atoms with van der Waals surface area (Å²) in [5.74, 6) is 0. The van der Waals surface area contributed by atoms with Gasteiger partial charge in [0.05, 0.1) is 17.1 Å². The number of fused-ring (bicyclic) bond motifs is 1. The van der Waals surface area contributed by atoms with E-state index in [-0.39, 0.29) is 11.4 Å². The Bertz CT molecular complexity index is 946. The number of benzene rings is 2. The largest absolute Gasteiger partial charge is 0.378 e. The molecule has 0 atom stereocenters. The number of nitrogens with zero attached hydrogens (tertiary/aromatic N) is 2. The minimum Gasteiger partial charge on any atom is -0.378 e. The van der Waals surface area contributed by atoms with Crippen molar-refractivity contribution in [3.63, 3.8) is 0 Å². The van der Waals surface area contributed by atoms with Gasteiger partial charge in [0.2, 0.25) is 10.0 Å². The molecule has 1 N–H and O–H groups in total. The standard InChI is InChI=1S/C18H19N3O2S/c1-21(2)15-7-9-16(10-8-15)24(22,23)20-13-18-17-6-4-3-5-14(17)11-12-19-18/h3-12,20H,13H2,1-2H3. The number of pyridine rings is 1. The third-order valence-corrected chi connectivity index (χ3v) is 5.27. The summed E-state index contributed by atoms with van der Waals surface area (Å²) in [6.45, 7) is 0.152. The molecule has 0 radical (unpaired) electrons. The first-order valence-electron chi connectivity index (χ1n) is 7.57. The molecule has 0 saturated heterocycles. The van der Waals surface area contributed by atoms with Gasteiger partial charge in [0, 0.05) is 31.4 Å². The van der Waals surface area contributed by atoms with E-state index in [1.165, 1.54) is 0 Å². The molecule has 3 rings (SSSR count). The second kappa shape index (κ2) is 6.59. The van der Waals surface area contributed by atoms with Gasteiger partial charge in [-0.05, 0) is 35.7 Å². The maximum absolute atomic E-state index is 12.5. The van der Waals surface area contributed by atoms with E-state index in [9.17, 15) is 8.42 Å². The van der Waals surface area contributed by atoms with Crippen LogP contribution in [0.5, 0.6) is 0 Å². The highest BCUT2D eigenvalue weighted by molar-refractivity contribution is 7.89. The molecular formula is C18H19N3O2S. The summed E-state index contributed by atoms with van der Waals surface area (Å²) in [5.41, 5.74) is 1.66. The van der Waals surface area contributed by atoms with E-state index in [2.05, 4.69) is 9.71 Å². The molecule has 1 aromatic heterocycles. The van der Waals surface area contributed by atoms with Gasteiger partial charge >= 0.3 is 0 Å². The molecule has 0 bridgehead atoms. The van der Waals surface area contributed by atoms with Gasteiger partial charge in [-0.2, -0.15) is 0 Å². The van der Waals surface area contributed by atoms with Gasteiger partial charge < -0.3 is 4.90 Å². The number of anilines is 1. The Hall–Kier alpha value is -2.44. The topological polar surface area (TPSA) is 62.3 Å². The summed E-state index contributed by atoms with van der Waals surface area (Å²) in [5, 5.41) is 1.99. The summed E-state index contributed by atoms with van der Waals surface area (Å²) < 4.78 is 27.6. The molecule has 24 heavy (non-hydrogen) atoms. The predicted molar refractivity (Wildman–Crippen MR) is 96.5 cm³/mol. The highest BCUT2D eigenvalue weighted by Crippen LogP contribution is 2.18. The lowest BCUT2D eigenvalue weighted by Crippen LogP contribution is -2.24. The molecule has 0 aliphatic rings. The summed E-state index contributed by atoms with van der Waals surface area (Å²) in [6, 6.07) is 16.5. The Morgan fingerprint density at radius 3 is 2.42 bits per heavy atom. The average molecular weight is 341 g/mol. The van der Waals surface area contributed by atoms with Crippen LogP contribution < -0.4 is 9.62 Å². The number of sulfonamides is 1. The van der Waals surface area contributed by atoms with E-state index >= 15 is 0 Å². The molecule has 6 heteroatoms. The van der Waals surface area contributed by atoms with E-state index in [1.54, 1.807) is 30.5 Å². The molecule has 0 fully saturated rings. The Labute approximate surface area is 142 Å². The van der Waals surface area contributed by atoms with Crippen LogP contribution in [-0.2, 0) is 16.6 Å². The first-order valence-corrected chi connectivity index (χ1v) is 9.05. The minimum atomic E-state index is -3.58. The monoisotopic (exact) mass is 341 g/mol. The molecular weight excluding hydrogens is 322 g/mol. The van der Waals surface area contributed by atoms with Crippen molar-refractivity contribution in [2.75, 3.05) is 19.0 Å². The van der Waals surface area contributed by atoms with Gasteiger partial charge in [0.1, 0.15) is 0 Å².